The lowest BCUT2D eigenvalue weighted by Crippen LogP contribution is -2.42. The van der Waals surface area contributed by atoms with Crippen LogP contribution in [0.4, 0.5) is 4.79 Å². The van der Waals surface area contributed by atoms with Crippen molar-refractivity contribution in [1.29, 1.82) is 0 Å². The molecule has 0 heterocycles. The molecule has 3 rings (SSSR count). The largest absolute Gasteiger partial charge is 0.494 e. The number of carbonyl (C=O) groups is 1. The lowest BCUT2D eigenvalue weighted by molar-refractivity contribution is 0.175. The Morgan fingerprint density at radius 2 is 1.85 bits per heavy atom. The molecule has 26 heavy (non-hydrogen) atoms. The molecular formula is C22H28N2O2. The van der Waals surface area contributed by atoms with Crippen molar-refractivity contribution in [3.8, 4) is 5.75 Å². The van der Waals surface area contributed by atoms with Gasteiger partial charge in [0.15, 0.2) is 0 Å². The maximum Gasteiger partial charge on any atom is 0.318 e. The van der Waals surface area contributed by atoms with Gasteiger partial charge < -0.3 is 15.0 Å². The summed E-state index contributed by atoms with van der Waals surface area (Å²) in [6, 6.07) is 18.1. The molecule has 2 aromatic rings. The fraction of sp³-hybridized carbons (Fsp3) is 0.409. The van der Waals surface area contributed by atoms with Crippen molar-refractivity contribution >= 4 is 6.03 Å². The van der Waals surface area contributed by atoms with Gasteiger partial charge in [-0.1, -0.05) is 48.5 Å². The van der Waals surface area contributed by atoms with Gasteiger partial charge in [0.1, 0.15) is 5.75 Å². The molecule has 0 aliphatic heterocycles. The van der Waals surface area contributed by atoms with E-state index in [2.05, 4.69) is 24.4 Å². The molecule has 1 aliphatic rings. The number of para-hydroxylation sites is 1. The van der Waals surface area contributed by atoms with Crippen LogP contribution >= 0.6 is 0 Å². The molecule has 138 valence electrons. The maximum atomic E-state index is 12.9. The van der Waals surface area contributed by atoms with Gasteiger partial charge in [-0.25, -0.2) is 4.79 Å². The smallest absolute Gasteiger partial charge is 0.318 e. The molecule has 0 saturated heterocycles. The van der Waals surface area contributed by atoms with E-state index in [-0.39, 0.29) is 12.1 Å². The number of carbonyl (C=O) groups excluding carboxylic acids is 1. The first-order valence-electron chi connectivity index (χ1n) is 9.49. The van der Waals surface area contributed by atoms with Gasteiger partial charge in [0.05, 0.1) is 12.6 Å². The third kappa shape index (κ3) is 4.78. The Hall–Kier alpha value is -2.49. The molecular weight excluding hydrogens is 324 g/mol. The fourth-order valence-corrected chi connectivity index (χ4v) is 3.13. The summed E-state index contributed by atoms with van der Waals surface area (Å²) in [5, 5.41) is 3.09. The molecule has 2 amide bonds. The minimum atomic E-state index is -0.0143. The van der Waals surface area contributed by atoms with Crippen molar-refractivity contribution in [2.45, 2.75) is 39.3 Å². The zero-order chi connectivity index (χ0) is 18.4. The average molecular weight is 352 g/mol. The van der Waals surface area contributed by atoms with Gasteiger partial charge in [-0.15, -0.1) is 0 Å². The van der Waals surface area contributed by atoms with Crippen LogP contribution in [0.3, 0.4) is 0 Å². The highest BCUT2D eigenvalue weighted by Crippen LogP contribution is 2.33. The Labute approximate surface area is 156 Å². The lowest BCUT2D eigenvalue weighted by atomic mass is 10.1. The average Bonchev–Trinajstić information content (AvgIpc) is 3.50. The van der Waals surface area contributed by atoms with E-state index < -0.39 is 0 Å². The maximum absolute atomic E-state index is 12.9. The van der Waals surface area contributed by atoms with Crippen LogP contribution in [0.15, 0.2) is 54.6 Å². The predicted octanol–water partition coefficient (Wildman–Crippen LogP) is 4.77. The summed E-state index contributed by atoms with van der Waals surface area (Å²) in [6.07, 6.45) is 2.44. The van der Waals surface area contributed by atoms with E-state index in [0.717, 1.165) is 23.4 Å². The SMILES string of the molecule is CCOc1ccccc1CNC(=O)N(CC1CC1)C(C)c1ccccc1. The van der Waals surface area contributed by atoms with Crippen LogP contribution in [0.25, 0.3) is 0 Å². The van der Waals surface area contributed by atoms with Crippen LogP contribution < -0.4 is 10.1 Å². The van der Waals surface area contributed by atoms with E-state index in [4.69, 9.17) is 4.74 Å². The summed E-state index contributed by atoms with van der Waals surface area (Å²) in [6.45, 7) is 5.97. The van der Waals surface area contributed by atoms with Crippen LogP contribution in [0.1, 0.15) is 43.9 Å². The first-order chi connectivity index (χ1) is 12.7. The summed E-state index contributed by atoms with van der Waals surface area (Å²) < 4.78 is 5.66. The van der Waals surface area contributed by atoms with Crippen LogP contribution in [-0.2, 0) is 6.54 Å². The third-order valence-corrected chi connectivity index (χ3v) is 4.86. The zero-order valence-corrected chi connectivity index (χ0v) is 15.7. The molecule has 4 nitrogen and oxygen atoms in total. The number of nitrogens with one attached hydrogen (secondary N) is 1. The Balaban J connectivity index is 1.68. The molecule has 0 aromatic heterocycles. The van der Waals surface area contributed by atoms with Crippen LogP contribution in [0, 0.1) is 5.92 Å². The second-order valence-corrected chi connectivity index (χ2v) is 6.88. The summed E-state index contributed by atoms with van der Waals surface area (Å²) in [4.78, 5) is 14.9. The van der Waals surface area contributed by atoms with Gasteiger partial charge in [0, 0.05) is 18.7 Å². The summed E-state index contributed by atoms with van der Waals surface area (Å²) >= 11 is 0. The standard InChI is InChI=1S/C22H28N2O2/c1-3-26-21-12-8-7-11-20(21)15-23-22(25)24(16-18-13-14-18)17(2)19-9-5-4-6-10-19/h4-12,17-18H,3,13-16H2,1-2H3,(H,23,25). The van der Waals surface area contributed by atoms with Gasteiger partial charge in [-0.3, -0.25) is 0 Å². The lowest BCUT2D eigenvalue weighted by Gasteiger charge is -2.30. The summed E-state index contributed by atoms with van der Waals surface area (Å²) in [5.41, 5.74) is 2.17. The van der Waals surface area contributed by atoms with E-state index >= 15 is 0 Å². The molecule has 1 unspecified atom stereocenters. The van der Waals surface area contributed by atoms with Crippen molar-refractivity contribution in [3.63, 3.8) is 0 Å². The Morgan fingerprint density at radius 1 is 1.15 bits per heavy atom. The van der Waals surface area contributed by atoms with E-state index in [9.17, 15) is 4.79 Å². The van der Waals surface area contributed by atoms with Crippen molar-refractivity contribution in [2.75, 3.05) is 13.2 Å². The van der Waals surface area contributed by atoms with E-state index in [1.54, 1.807) is 0 Å². The highest BCUT2D eigenvalue weighted by Gasteiger charge is 2.30. The number of amides is 2. The number of hydrogen-bond donors (Lipinski definition) is 1. The third-order valence-electron chi connectivity index (χ3n) is 4.86. The quantitative estimate of drug-likeness (QED) is 0.744. The normalized spacial score (nSPS) is 14.5. The number of nitrogens with zero attached hydrogens (tertiary/aromatic N) is 1. The first-order valence-corrected chi connectivity index (χ1v) is 9.49. The molecule has 1 atom stereocenters. The second-order valence-electron chi connectivity index (χ2n) is 6.88. The minimum Gasteiger partial charge on any atom is -0.494 e. The van der Waals surface area contributed by atoms with Crippen LogP contribution in [0.5, 0.6) is 5.75 Å². The molecule has 2 aromatic carbocycles. The number of ether oxygens (including phenoxy) is 1. The van der Waals surface area contributed by atoms with Gasteiger partial charge in [0.2, 0.25) is 0 Å². The van der Waals surface area contributed by atoms with Gasteiger partial charge in [-0.2, -0.15) is 0 Å². The van der Waals surface area contributed by atoms with Gasteiger partial charge in [0.25, 0.3) is 0 Å². The first kappa shape index (κ1) is 18.3. The van der Waals surface area contributed by atoms with E-state index in [1.165, 1.54) is 12.8 Å². The number of hydrogen-bond acceptors (Lipinski definition) is 2. The van der Waals surface area contributed by atoms with Crippen molar-refractivity contribution in [2.24, 2.45) is 5.92 Å². The van der Waals surface area contributed by atoms with Crippen LogP contribution in [0.2, 0.25) is 0 Å². The number of urea groups is 1. The van der Waals surface area contributed by atoms with Crippen molar-refractivity contribution in [1.82, 2.24) is 10.2 Å². The number of benzene rings is 2. The fourth-order valence-electron chi connectivity index (χ4n) is 3.13. The molecule has 1 saturated carbocycles. The van der Waals surface area contributed by atoms with Crippen LogP contribution in [-0.4, -0.2) is 24.1 Å². The molecule has 0 bridgehead atoms. The molecule has 1 fully saturated rings. The Morgan fingerprint density at radius 3 is 2.54 bits per heavy atom. The minimum absolute atomic E-state index is 0.0143. The van der Waals surface area contributed by atoms with Gasteiger partial charge in [-0.05, 0) is 44.2 Å². The van der Waals surface area contributed by atoms with Crippen molar-refractivity contribution in [3.05, 3.63) is 65.7 Å². The topological polar surface area (TPSA) is 41.6 Å². The molecule has 1 N–H and O–H groups in total. The molecule has 4 heteroatoms. The number of rotatable bonds is 8. The summed E-state index contributed by atoms with van der Waals surface area (Å²) in [5.74, 6) is 1.47. The molecule has 0 spiro atoms. The molecule has 0 radical (unpaired) electrons. The Bertz CT molecular complexity index is 713. The highest BCUT2D eigenvalue weighted by molar-refractivity contribution is 5.75. The summed E-state index contributed by atoms with van der Waals surface area (Å²) in [7, 11) is 0. The zero-order valence-electron chi connectivity index (χ0n) is 15.7. The highest BCUT2D eigenvalue weighted by atomic mass is 16.5. The second kappa shape index (κ2) is 8.75. The Kier molecular flexibility index (Phi) is 6.16. The van der Waals surface area contributed by atoms with E-state index in [1.807, 2.05) is 54.3 Å². The van der Waals surface area contributed by atoms with Crippen molar-refractivity contribution < 1.29 is 9.53 Å². The van der Waals surface area contributed by atoms with E-state index in [0.29, 0.717) is 19.1 Å². The molecule has 1 aliphatic carbocycles. The van der Waals surface area contributed by atoms with Gasteiger partial charge >= 0.3 is 6.03 Å². The predicted molar refractivity (Wildman–Crippen MR) is 104 cm³/mol. The monoisotopic (exact) mass is 352 g/mol.